The zero-order chi connectivity index (χ0) is 17.3. The van der Waals surface area contributed by atoms with Crippen LogP contribution in [-0.4, -0.2) is 52.9 Å². The fourth-order valence-corrected chi connectivity index (χ4v) is 4.07. The van der Waals surface area contributed by atoms with Gasteiger partial charge >= 0.3 is 5.97 Å². The second kappa shape index (κ2) is 8.06. The Morgan fingerprint density at radius 3 is 2.76 bits per heavy atom. The van der Waals surface area contributed by atoms with Crippen molar-refractivity contribution in [1.82, 2.24) is 20.0 Å². The maximum absolute atomic E-state index is 11.9. The lowest BCUT2D eigenvalue weighted by Crippen LogP contribution is -2.29. The predicted octanol–water partition coefficient (Wildman–Crippen LogP) is 2.06. The molecule has 2 fully saturated rings. The van der Waals surface area contributed by atoms with Crippen LogP contribution >= 0.6 is 12.4 Å². The normalized spacial score (nSPS) is 23.4. The Balaban J connectivity index is 0.00000225. The molecule has 1 aromatic rings. The van der Waals surface area contributed by atoms with Gasteiger partial charge in [0.05, 0.1) is 11.8 Å². The second-order valence-corrected chi connectivity index (χ2v) is 7.73. The van der Waals surface area contributed by atoms with Crippen LogP contribution < -0.4 is 5.32 Å². The third kappa shape index (κ3) is 4.54. The molecule has 3 rings (SSSR count). The molecule has 0 aromatic carbocycles. The molecule has 1 atom stereocenters. The van der Waals surface area contributed by atoms with Crippen LogP contribution in [0.4, 0.5) is 0 Å². The van der Waals surface area contributed by atoms with Crippen molar-refractivity contribution in [3.8, 4) is 0 Å². The first-order valence-electron chi connectivity index (χ1n) is 9.04. The molecular formula is C18H31ClN4O2. The summed E-state index contributed by atoms with van der Waals surface area (Å²) < 4.78 is 7.03. The molecule has 6 nitrogen and oxygen atoms in total. The van der Waals surface area contributed by atoms with Crippen LogP contribution in [0, 0.1) is 19.3 Å². The van der Waals surface area contributed by atoms with E-state index in [1.54, 1.807) is 4.68 Å². The number of halogens is 1. The van der Waals surface area contributed by atoms with Gasteiger partial charge in [0.2, 0.25) is 0 Å². The molecule has 1 spiro atoms. The standard InChI is InChI=1S/C18H30N4O2.ClH/c1-13(2)24-17(23)10-22-15(4)16(14(3)20-22)9-21-8-6-18(12-21)5-7-19-11-18;/h13,19H,5-12H2,1-4H3;1H. The lowest BCUT2D eigenvalue weighted by molar-refractivity contribution is -0.148. The summed E-state index contributed by atoms with van der Waals surface area (Å²) in [5, 5.41) is 8.07. The molecule has 2 aliphatic heterocycles. The van der Waals surface area contributed by atoms with E-state index >= 15 is 0 Å². The summed E-state index contributed by atoms with van der Waals surface area (Å²) in [6.07, 6.45) is 2.49. The van der Waals surface area contributed by atoms with E-state index in [1.165, 1.54) is 24.9 Å². The molecule has 1 N–H and O–H groups in total. The molecule has 7 heteroatoms. The number of ether oxygens (including phenoxy) is 1. The Bertz CT molecular complexity index is 608. The monoisotopic (exact) mass is 370 g/mol. The van der Waals surface area contributed by atoms with Crippen molar-refractivity contribution >= 4 is 18.4 Å². The summed E-state index contributed by atoms with van der Waals surface area (Å²) >= 11 is 0. The number of rotatable bonds is 5. The number of nitrogens with zero attached hydrogens (tertiary/aromatic N) is 3. The average molecular weight is 371 g/mol. The topological polar surface area (TPSA) is 59.4 Å². The van der Waals surface area contributed by atoms with Gasteiger partial charge in [-0.1, -0.05) is 0 Å². The zero-order valence-electron chi connectivity index (χ0n) is 15.8. The summed E-state index contributed by atoms with van der Waals surface area (Å²) in [5.74, 6) is -0.223. The Labute approximate surface area is 156 Å². The molecule has 2 aliphatic rings. The molecular weight excluding hydrogens is 340 g/mol. The molecule has 0 radical (unpaired) electrons. The molecule has 3 heterocycles. The van der Waals surface area contributed by atoms with Crippen molar-refractivity contribution in [2.24, 2.45) is 5.41 Å². The first-order chi connectivity index (χ1) is 11.4. The Morgan fingerprint density at radius 2 is 2.12 bits per heavy atom. The quantitative estimate of drug-likeness (QED) is 0.804. The van der Waals surface area contributed by atoms with Crippen molar-refractivity contribution in [3.63, 3.8) is 0 Å². The van der Waals surface area contributed by atoms with Crippen molar-refractivity contribution < 1.29 is 9.53 Å². The number of nitrogens with one attached hydrogen (secondary N) is 1. The first-order valence-corrected chi connectivity index (χ1v) is 9.04. The minimum absolute atomic E-state index is 0. The van der Waals surface area contributed by atoms with Crippen LogP contribution in [0.25, 0.3) is 0 Å². The van der Waals surface area contributed by atoms with Crippen molar-refractivity contribution in [1.29, 1.82) is 0 Å². The predicted molar refractivity (Wildman–Crippen MR) is 100.0 cm³/mol. The van der Waals surface area contributed by atoms with Gasteiger partial charge in [0.25, 0.3) is 0 Å². The maximum atomic E-state index is 11.9. The van der Waals surface area contributed by atoms with Crippen LogP contribution in [0.15, 0.2) is 0 Å². The summed E-state index contributed by atoms with van der Waals surface area (Å²) in [4.78, 5) is 14.5. The molecule has 0 amide bonds. The highest BCUT2D eigenvalue weighted by Gasteiger charge is 2.40. The minimum atomic E-state index is -0.223. The highest BCUT2D eigenvalue weighted by Crippen LogP contribution is 2.36. The van der Waals surface area contributed by atoms with E-state index in [9.17, 15) is 4.79 Å². The number of hydrogen-bond donors (Lipinski definition) is 1. The minimum Gasteiger partial charge on any atom is -0.462 e. The highest BCUT2D eigenvalue weighted by atomic mass is 35.5. The van der Waals surface area contributed by atoms with Gasteiger partial charge in [0, 0.05) is 30.9 Å². The van der Waals surface area contributed by atoms with E-state index in [-0.39, 0.29) is 31.0 Å². The summed E-state index contributed by atoms with van der Waals surface area (Å²) in [6.45, 7) is 13.6. The van der Waals surface area contributed by atoms with Crippen LogP contribution in [0.3, 0.4) is 0 Å². The number of carbonyl (C=O) groups excluding carboxylic acids is 1. The Kier molecular flexibility index (Phi) is 6.51. The van der Waals surface area contributed by atoms with Gasteiger partial charge in [-0.05, 0) is 59.0 Å². The van der Waals surface area contributed by atoms with E-state index in [2.05, 4.69) is 22.2 Å². The number of carbonyl (C=O) groups is 1. The number of esters is 1. The van der Waals surface area contributed by atoms with E-state index in [0.29, 0.717) is 5.41 Å². The fourth-order valence-electron chi connectivity index (χ4n) is 4.07. The fraction of sp³-hybridized carbons (Fsp3) is 0.778. The molecule has 1 aromatic heterocycles. The largest absolute Gasteiger partial charge is 0.462 e. The van der Waals surface area contributed by atoms with E-state index in [1.807, 2.05) is 20.8 Å². The van der Waals surface area contributed by atoms with Crippen LogP contribution in [-0.2, 0) is 22.6 Å². The van der Waals surface area contributed by atoms with Gasteiger partial charge in [0.15, 0.2) is 0 Å². The van der Waals surface area contributed by atoms with Gasteiger partial charge in [-0.2, -0.15) is 5.10 Å². The SMILES string of the molecule is Cc1nn(CC(=O)OC(C)C)c(C)c1CN1CCC2(CCNC2)C1.Cl. The third-order valence-corrected chi connectivity index (χ3v) is 5.41. The number of aryl methyl sites for hydroxylation is 1. The van der Waals surface area contributed by atoms with Gasteiger partial charge in [0.1, 0.15) is 6.54 Å². The van der Waals surface area contributed by atoms with Crippen LogP contribution in [0.2, 0.25) is 0 Å². The second-order valence-electron chi connectivity index (χ2n) is 7.73. The zero-order valence-corrected chi connectivity index (χ0v) is 16.6. The highest BCUT2D eigenvalue weighted by molar-refractivity contribution is 5.85. The van der Waals surface area contributed by atoms with Crippen molar-refractivity contribution in [2.45, 2.75) is 59.7 Å². The van der Waals surface area contributed by atoms with E-state index < -0.39 is 0 Å². The van der Waals surface area contributed by atoms with Crippen LogP contribution in [0.5, 0.6) is 0 Å². The van der Waals surface area contributed by atoms with Gasteiger partial charge in [-0.25, -0.2) is 0 Å². The number of likely N-dealkylation sites (tertiary alicyclic amines) is 1. The summed E-state index contributed by atoms with van der Waals surface area (Å²) in [7, 11) is 0. The van der Waals surface area contributed by atoms with E-state index in [0.717, 1.165) is 37.6 Å². The molecule has 0 saturated carbocycles. The summed E-state index contributed by atoms with van der Waals surface area (Å²) in [5.41, 5.74) is 3.85. The third-order valence-electron chi connectivity index (χ3n) is 5.41. The molecule has 0 aliphatic carbocycles. The van der Waals surface area contributed by atoms with Gasteiger partial charge in [-0.15, -0.1) is 12.4 Å². The maximum Gasteiger partial charge on any atom is 0.328 e. The van der Waals surface area contributed by atoms with Crippen molar-refractivity contribution in [3.05, 3.63) is 17.0 Å². The number of hydrogen-bond acceptors (Lipinski definition) is 5. The van der Waals surface area contributed by atoms with Gasteiger partial charge < -0.3 is 10.1 Å². The van der Waals surface area contributed by atoms with Crippen molar-refractivity contribution in [2.75, 3.05) is 26.2 Å². The number of aromatic nitrogens is 2. The molecule has 1 unspecified atom stereocenters. The molecule has 142 valence electrons. The average Bonchev–Trinajstić information content (AvgIpc) is 3.18. The molecule has 2 saturated heterocycles. The molecule has 0 bridgehead atoms. The molecule has 25 heavy (non-hydrogen) atoms. The smallest absolute Gasteiger partial charge is 0.328 e. The lowest BCUT2D eigenvalue weighted by Gasteiger charge is -2.23. The Hall–Kier alpha value is -1.11. The lowest BCUT2D eigenvalue weighted by atomic mass is 9.86. The Morgan fingerprint density at radius 1 is 1.36 bits per heavy atom. The van der Waals surface area contributed by atoms with Crippen LogP contribution in [0.1, 0.15) is 43.6 Å². The van der Waals surface area contributed by atoms with Gasteiger partial charge in [-0.3, -0.25) is 14.4 Å². The first kappa shape index (κ1) is 20.2. The van der Waals surface area contributed by atoms with E-state index in [4.69, 9.17) is 4.74 Å². The summed E-state index contributed by atoms with van der Waals surface area (Å²) in [6, 6.07) is 0.